The second-order valence-corrected chi connectivity index (χ2v) is 8.91. The molecule has 1 saturated carbocycles. The Kier molecular flexibility index (Phi) is 4.83. The maximum absolute atomic E-state index is 6.03. The first-order chi connectivity index (χ1) is 12.6. The van der Waals surface area contributed by atoms with Crippen molar-refractivity contribution in [1.29, 1.82) is 0 Å². The summed E-state index contributed by atoms with van der Waals surface area (Å²) in [6, 6.07) is 12.8. The van der Waals surface area contributed by atoms with E-state index in [2.05, 4.69) is 62.3 Å². The molecule has 6 heteroatoms. The number of pyridine rings is 1. The van der Waals surface area contributed by atoms with Gasteiger partial charge in [0.05, 0.1) is 11.2 Å². The van der Waals surface area contributed by atoms with Crippen LogP contribution in [0.3, 0.4) is 0 Å². The van der Waals surface area contributed by atoms with Gasteiger partial charge in [-0.3, -0.25) is 0 Å². The van der Waals surface area contributed by atoms with Gasteiger partial charge in [-0.1, -0.05) is 28.1 Å². The largest absolute Gasteiger partial charge is 0.330 e. The number of rotatable bonds is 5. The fourth-order valence-electron chi connectivity index (χ4n) is 4.19. The third-order valence-electron chi connectivity index (χ3n) is 6.20. The lowest BCUT2D eigenvalue weighted by atomic mass is 9.90. The summed E-state index contributed by atoms with van der Waals surface area (Å²) >= 11 is 3.62. The zero-order chi connectivity index (χ0) is 17.8. The molecule has 2 aromatic heterocycles. The number of hydrogen-bond acceptors (Lipinski definition) is 3. The van der Waals surface area contributed by atoms with Crippen molar-refractivity contribution in [2.75, 3.05) is 13.1 Å². The van der Waals surface area contributed by atoms with Crippen LogP contribution in [0.25, 0.3) is 5.65 Å². The summed E-state index contributed by atoms with van der Waals surface area (Å²) in [6.45, 7) is 1.73. The number of nitrogens with zero attached hydrogens (tertiary/aromatic N) is 2. The molecular formula is C21H24BrClN4. The molecule has 2 aliphatic carbocycles. The quantitative estimate of drug-likeness (QED) is 0.625. The molecule has 0 aliphatic heterocycles. The van der Waals surface area contributed by atoms with E-state index in [-0.39, 0.29) is 17.9 Å². The average molecular weight is 448 g/mol. The SMILES string of the molecule is Cl.NCC1(CNC2(c3cn4ccccc4n3)Cc3ccc(Br)cc3C2)CC1. The van der Waals surface area contributed by atoms with Gasteiger partial charge in [-0.2, -0.15) is 0 Å². The molecule has 1 aromatic carbocycles. The molecule has 5 rings (SSSR count). The fourth-order valence-corrected chi connectivity index (χ4v) is 4.60. The molecule has 1 unspecified atom stereocenters. The maximum atomic E-state index is 6.03. The molecule has 27 heavy (non-hydrogen) atoms. The van der Waals surface area contributed by atoms with Crippen LogP contribution < -0.4 is 11.1 Å². The second kappa shape index (κ2) is 6.89. The van der Waals surface area contributed by atoms with E-state index in [1.807, 2.05) is 12.1 Å². The van der Waals surface area contributed by atoms with E-state index in [4.69, 9.17) is 10.7 Å². The first-order valence-corrected chi connectivity index (χ1v) is 10.1. The Labute approximate surface area is 174 Å². The predicted molar refractivity (Wildman–Crippen MR) is 114 cm³/mol. The van der Waals surface area contributed by atoms with Crippen molar-refractivity contribution in [1.82, 2.24) is 14.7 Å². The van der Waals surface area contributed by atoms with Crippen LogP contribution >= 0.6 is 28.3 Å². The normalized spacial score (nSPS) is 22.4. The number of aromatic nitrogens is 2. The fraction of sp³-hybridized carbons (Fsp3) is 0.381. The molecule has 0 saturated heterocycles. The monoisotopic (exact) mass is 446 g/mol. The molecule has 142 valence electrons. The predicted octanol–water partition coefficient (Wildman–Crippen LogP) is 3.84. The van der Waals surface area contributed by atoms with Crippen LogP contribution in [0, 0.1) is 5.41 Å². The van der Waals surface area contributed by atoms with Crippen molar-refractivity contribution in [3.8, 4) is 0 Å². The van der Waals surface area contributed by atoms with Crippen LogP contribution in [0.4, 0.5) is 0 Å². The van der Waals surface area contributed by atoms with Crippen LogP contribution in [0.1, 0.15) is 29.7 Å². The molecule has 1 atom stereocenters. The van der Waals surface area contributed by atoms with Gasteiger partial charge in [0.25, 0.3) is 0 Å². The smallest absolute Gasteiger partial charge is 0.137 e. The first-order valence-electron chi connectivity index (χ1n) is 9.28. The Morgan fingerprint density at radius 1 is 1.15 bits per heavy atom. The molecule has 4 nitrogen and oxygen atoms in total. The molecule has 0 amide bonds. The Bertz CT molecular complexity index is 948. The number of nitrogens with one attached hydrogen (secondary N) is 1. The third-order valence-corrected chi connectivity index (χ3v) is 6.69. The summed E-state index contributed by atoms with van der Waals surface area (Å²) in [7, 11) is 0. The van der Waals surface area contributed by atoms with Crippen LogP contribution in [-0.4, -0.2) is 22.5 Å². The Balaban J connectivity index is 0.00000180. The second-order valence-electron chi connectivity index (χ2n) is 8.00. The van der Waals surface area contributed by atoms with Crippen molar-refractivity contribution >= 4 is 34.0 Å². The van der Waals surface area contributed by atoms with E-state index in [1.54, 1.807) is 0 Å². The van der Waals surface area contributed by atoms with Gasteiger partial charge >= 0.3 is 0 Å². The van der Waals surface area contributed by atoms with E-state index < -0.39 is 0 Å². The zero-order valence-electron chi connectivity index (χ0n) is 15.1. The minimum atomic E-state index is -0.153. The van der Waals surface area contributed by atoms with Crippen LogP contribution in [0.15, 0.2) is 53.3 Å². The number of fused-ring (bicyclic) bond motifs is 2. The summed E-state index contributed by atoms with van der Waals surface area (Å²) in [4.78, 5) is 4.98. The van der Waals surface area contributed by atoms with E-state index in [0.717, 1.165) is 41.7 Å². The molecule has 3 N–H and O–H groups in total. The molecule has 2 heterocycles. The summed E-state index contributed by atoms with van der Waals surface area (Å²) < 4.78 is 3.26. The lowest BCUT2D eigenvalue weighted by Crippen LogP contribution is -2.47. The number of halogens is 2. The number of hydrogen-bond donors (Lipinski definition) is 2. The number of nitrogens with two attached hydrogens (primary N) is 1. The van der Waals surface area contributed by atoms with Crippen molar-refractivity contribution in [2.45, 2.75) is 31.2 Å². The number of benzene rings is 1. The molecule has 3 aromatic rings. The van der Waals surface area contributed by atoms with E-state index in [0.29, 0.717) is 5.41 Å². The van der Waals surface area contributed by atoms with Crippen LogP contribution in [0.2, 0.25) is 0 Å². The zero-order valence-corrected chi connectivity index (χ0v) is 17.5. The average Bonchev–Trinajstić information content (AvgIpc) is 3.14. The van der Waals surface area contributed by atoms with E-state index in [1.165, 1.54) is 24.0 Å². The first kappa shape index (κ1) is 18.9. The van der Waals surface area contributed by atoms with Gasteiger partial charge in [-0.25, -0.2) is 4.98 Å². The van der Waals surface area contributed by atoms with Gasteiger partial charge in [-0.15, -0.1) is 12.4 Å². The summed E-state index contributed by atoms with van der Waals surface area (Å²) in [5.41, 5.74) is 11.1. The minimum absolute atomic E-state index is 0. The van der Waals surface area contributed by atoms with E-state index >= 15 is 0 Å². The molecule has 0 radical (unpaired) electrons. The minimum Gasteiger partial charge on any atom is -0.330 e. The number of imidazole rings is 1. The highest BCUT2D eigenvalue weighted by molar-refractivity contribution is 9.10. The third kappa shape index (κ3) is 3.31. The highest BCUT2D eigenvalue weighted by Gasteiger charge is 2.46. The molecule has 2 aliphatic rings. The summed E-state index contributed by atoms with van der Waals surface area (Å²) in [6.07, 6.45) is 8.66. The molecule has 0 spiro atoms. The van der Waals surface area contributed by atoms with Crippen molar-refractivity contribution in [3.05, 3.63) is 70.1 Å². The summed E-state index contributed by atoms with van der Waals surface area (Å²) in [5.74, 6) is 0. The highest BCUT2D eigenvalue weighted by Crippen LogP contribution is 2.46. The molecule has 0 bridgehead atoms. The van der Waals surface area contributed by atoms with Crippen LogP contribution in [-0.2, 0) is 18.4 Å². The lowest BCUT2D eigenvalue weighted by Gasteiger charge is -2.31. The van der Waals surface area contributed by atoms with Crippen molar-refractivity contribution in [2.24, 2.45) is 11.1 Å². The van der Waals surface area contributed by atoms with Gasteiger partial charge < -0.3 is 15.5 Å². The molecular weight excluding hydrogens is 424 g/mol. The van der Waals surface area contributed by atoms with E-state index in [9.17, 15) is 0 Å². The lowest BCUT2D eigenvalue weighted by molar-refractivity contribution is 0.303. The van der Waals surface area contributed by atoms with Gasteiger partial charge in [0.15, 0.2) is 0 Å². The Hall–Kier alpha value is -1.40. The Morgan fingerprint density at radius 3 is 2.70 bits per heavy atom. The van der Waals surface area contributed by atoms with Crippen molar-refractivity contribution < 1.29 is 0 Å². The maximum Gasteiger partial charge on any atom is 0.137 e. The van der Waals surface area contributed by atoms with Crippen molar-refractivity contribution in [3.63, 3.8) is 0 Å². The van der Waals surface area contributed by atoms with Crippen LogP contribution in [0.5, 0.6) is 0 Å². The van der Waals surface area contributed by atoms with Gasteiger partial charge in [0, 0.05) is 23.4 Å². The van der Waals surface area contributed by atoms with Gasteiger partial charge in [0.2, 0.25) is 0 Å². The van der Waals surface area contributed by atoms with Gasteiger partial charge in [-0.05, 0) is 73.0 Å². The highest BCUT2D eigenvalue weighted by atomic mass is 79.9. The topological polar surface area (TPSA) is 55.3 Å². The molecule has 1 fully saturated rings. The summed E-state index contributed by atoms with van der Waals surface area (Å²) in [5, 5.41) is 3.92. The Morgan fingerprint density at radius 2 is 1.96 bits per heavy atom. The standard InChI is InChI=1S/C21H23BrN4.ClH/c22-17-5-4-15-10-21(11-16(15)9-17,24-14-20(13-23)6-7-20)18-12-26-8-2-1-3-19(26)25-18;/h1-5,8-9,12,24H,6-7,10-11,13-14,23H2;1H. The van der Waals surface area contributed by atoms with Gasteiger partial charge in [0.1, 0.15) is 5.65 Å².